The van der Waals surface area contributed by atoms with Crippen LogP contribution in [0.1, 0.15) is 11.1 Å². The van der Waals surface area contributed by atoms with Gasteiger partial charge in [0.05, 0.1) is 11.1 Å². The lowest BCUT2D eigenvalue weighted by Crippen LogP contribution is -2.11. The quantitative estimate of drug-likeness (QED) is 0.531. The Morgan fingerprint density at radius 3 is 1.73 bits per heavy atom. The van der Waals surface area contributed by atoms with Crippen LogP contribution in [0.25, 0.3) is 22.5 Å². The summed E-state index contributed by atoms with van der Waals surface area (Å²) in [5, 5.41) is 0. The molecule has 0 fully saturated rings. The minimum Gasteiger partial charge on any atom is -0.237 e. The topological polar surface area (TPSA) is 25.8 Å². The van der Waals surface area contributed by atoms with Gasteiger partial charge < -0.3 is 0 Å². The normalized spacial score (nSPS) is 12.2. The maximum Gasteiger partial charge on any atom is 0.417 e. The van der Waals surface area contributed by atoms with Gasteiger partial charge >= 0.3 is 12.4 Å². The summed E-state index contributed by atoms with van der Waals surface area (Å²) in [6, 6.07) is 8.94. The number of benzene rings is 2. The smallest absolute Gasteiger partial charge is 0.237 e. The van der Waals surface area contributed by atoms with Crippen LogP contribution >= 0.6 is 0 Å². The molecule has 0 aliphatic carbocycles. The predicted molar refractivity (Wildman–Crippen MR) is 82.9 cm³/mol. The summed E-state index contributed by atoms with van der Waals surface area (Å²) in [7, 11) is 0. The van der Waals surface area contributed by atoms with Crippen molar-refractivity contribution < 1.29 is 26.3 Å². The first kappa shape index (κ1) is 17.9. The van der Waals surface area contributed by atoms with E-state index in [9.17, 15) is 26.3 Å². The standard InChI is InChI=1S/C18H10F6N2/c19-17(20,21)13-7-2-1-5-11(13)12-6-3-8-14(18(22,23)24)15(12)16-25-9-4-10-26-16/h1-10H. The van der Waals surface area contributed by atoms with Crippen LogP contribution in [0.5, 0.6) is 0 Å². The molecule has 134 valence electrons. The van der Waals surface area contributed by atoms with E-state index in [0.717, 1.165) is 24.3 Å². The first-order chi connectivity index (χ1) is 12.2. The molecule has 0 unspecified atom stereocenters. The van der Waals surface area contributed by atoms with Gasteiger partial charge in [0.25, 0.3) is 0 Å². The average Bonchev–Trinajstić information content (AvgIpc) is 2.60. The molecule has 2 aromatic carbocycles. The van der Waals surface area contributed by atoms with Crippen molar-refractivity contribution >= 4 is 0 Å². The summed E-state index contributed by atoms with van der Waals surface area (Å²) >= 11 is 0. The highest BCUT2D eigenvalue weighted by Gasteiger charge is 2.38. The molecule has 0 aliphatic rings. The Morgan fingerprint density at radius 2 is 1.12 bits per heavy atom. The van der Waals surface area contributed by atoms with Crippen LogP contribution in [0.15, 0.2) is 60.9 Å². The second-order valence-corrected chi connectivity index (χ2v) is 5.34. The summed E-state index contributed by atoms with van der Waals surface area (Å²) in [5.41, 5.74) is -3.22. The maximum atomic E-state index is 13.5. The van der Waals surface area contributed by atoms with E-state index in [1.165, 1.54) is 36.7 Å². The van der Waals surface area contributed by atoms with Gasteiger partial charge in [0.2, 0.25) is 0 Å². The van der Waals surface area contributed by atoms with Crippen LogP contribution in [0, 0.1) is 0 Å². The van der Waals surface area contributed by atoms with Crippen molar-refractivity contribution in [2.24, 2.45) is 0 Å². The van der Waals surface area contributed by atoms with Crippen LogP contribution in [-0.2, 0) is 12.4 Å². The number of aromatic nitrogens is 2. The number of hydrogen-bond acceptors (Lipinski definition) is 2. The van der Waals surface area contributed by atoms with Gasteiger partial charge in [-0.2, -0.15) is 26.3 Å². The third-order valence-corrected chi connectivity index (χ3v) is 3.68. The van der Waals surface area contributed by atoms with Gasteiger partial charge in [0, 0.05) is 18.0 Å². The summed E-state index contributed by atoms with van der Waals surface area (Å²) in [5.74, 6) is -0.299. The lowest BCUT2D eigenvalue weighted by Gasteiger charge is -2.19. The van der Waals surface area contributed by atoms with Crippen LogP contribution in [0.4, 0.5) is 26.3 Å². The van der Waals surface area contributed by atoms with E-state index in [-0.39, 0.29) is 17.0 Å². The molecule has 3 aromatic rings. The Labute approximate surface area is 144 Å². The molecule has 8 heteroatoms. The van der Waals surface area contributed by atoms with E-state index < -0.39 is 29.0 Å². The highest BCUT2D eigenvalue weighted by atomic mass is 19.4. The Balaban J connectivity index is 2.38. The SMILES string of the molecule is FC(F)(F)c1ccccc1-c1cccc(C(F)(F)F)c1-c1ncccn1. The molecule has 1 heterocycles. The van der Waals surface area contributed by atoms with Gasteiger partial charge in [-0.1, -0.05) is 30.3 Å². The molecule has 26 heavy (non-hydrogen) atoms. The van der Waals surface area contributed by atoms with E-state index >= 15 is 0 Å². The molecule has 0 saturated carbocycles. The van der Waals surface area contributed by atoms with E-state index in [2.05, 4.69) is 9.97 Å². The number of alkyl halides is 6. The fourth-order valence-electron chi connectivity index (χ4n) is 2.65. The molecule has 0 aliphatic heterocycles. The van der Waals surface area contributed by atoms with Gasteiger partial charge in [-0.05, 0) is 29.3 Å². The molecule has 1 aromatic heterocycles. The Kier molecular flexibility index (Phi) is 4.43. The zero-order chi connectivity index (χ0) is 18.9. The number of rotatable bonds is 2. The summed E-state index contributed by atoms with van der Waals surface area (Å²) in [4.78, 5) is 7.62. The molecular formula is C18H10F6N2. The monoisotopic (exact) mass is 368 g/mol. The van der Waals surface area contributed by atoms with E-state index in [0.29, 0.717) is 0 Å². The molecule has 0 radical (unpaired) electrons. The Bertz CT molecular complexity index is 917. The van der Waals surface area contributed by atoms with Crippen LogP contribution in [0.2, 0.25) is 0 Å². The summed E-state index contributed by atoms with van der Waals surface area (Å²) in [6.07, 6.45) is -7.04. The van der Waals surface area contributed by atoms with Crippen LogP contribution in [-0.4, -0.2) is 9.97 Å². The average molecular weight is 368 g/mol. The summed E-state index contributed by atoms with van der Waals surface area (Å²) < 4.78 is 80.5. The maximum absolute atomic E-state index is 13.5. The number of hydrogen-bond donors (Lipinski definition) is 0. The minimum absolute atomic E-state index is 0.237. The fourth-order valence-corrected chi connectivity index (χ4v) is 2.65. The van der Waals surface area contributed by atoms with Crippen molar-refractivity contribution in [1.29, 1.82) is 0 Å². The molecule has 0 spiro atoms. The van der Waals surface area contributed by atoms with Gasteiger partial charge in [-0.3, -0.25) is 0 Å². The molecule has 0 atom stereocenters. The Morgan fingerprint density at radius 1 is 0.577 bits per heavy atom. The zero-order valence-corrected chi connectivity index (χ0v) is 12.9. The van der Waals surface area contributed by atoms with Crippen LogP contribution in [0.3, 0.4) is 0 Å². The van der Waals surface area contributed by atoms with E-state index in [1.54, 1.807) is 0 Å². The fraction of sp³-hybridized carbons (Fsp3) is 0.111. The van der Waals surface area contributed by atoms with Crippen molar-refractivity contribution in [2.45, 2.75) is 12.4 Å². The first-order valence-electron chi connectivity index (χ1n) is 7.34. The molecule has 0 bridgehead atoms. The highest BCUT2D eigenvalue weighted by molar-refractivity contribution is 5.85. The third kappa shape index (κ3) is 3.40. The van der Waals surface area contributed by atoms with Crippen molar-refractivity contribution in [2.75, 3.05) is 0 Å². The molecular weight excluding hydrogens is 358 g/mol. The second kappa shape index (κ2) is 6.44. The third-order valence-electron chi connectivity index (χ3n) is 3.68. The van der Waals surface area contributed by atoms with Crippen molar-refractivity contribution in [3.8, 4) is 22.5 Å². The van der Waals surface area contributed by atoms with Crippen LogP contribution < -0.4 is 0 Å². The largest absolute Gasteiger partial charge is 0.417 e. The lowest BCUT2D eigenvalue weighted by molar-refractivity contribution is -0.137. The molecule has 0 amide bonds. The lowest BCUT2D eigenvalue weighted by atomic mass is 9.91. The second-order valence-electron chi connectivity index (χ2n) is 5.34. The molecule has 2 nitrogen and oxygen atoms in total. The van der Waals surface area contributed by atoms with Crippen molar-refractivity contribution in [3.05, 3.63) is 72.1 Å². The van der Waals surface area contributed by atoms with E-state index in [1.807, 2.05) is 0 Å². The van der Waals surface area contributed by atoms with Gasteiger partial charge in [-0.25, -0.2) is 9.97 Å². The van der Waals surface area contributed by atoms with E-state index in [4.69, 9.17) is 0 Å². The highest BCUT2D eigenvalue weighted by Crippen LogP contribution is 2.44. The zero-order valence-electron chi connectivity index (χ0n) is 12.9. The van der Waals surface area contributed by atoms with Gasteiger partial charge in [0.1, 0.15) is 0 Å². The number of nitrogens with zero attached hydrogens (tertiary/aromatic N) is 2. The molecule has 0 saturated heterocycles. The number of halogens is 6. The summed E-state index contributed by atoms with van der Waals surface area (Å²) in [6.45, 7) is 0. The van der Waals surface area contributed by atoms with Crippen molar-refractivity contribution in [1.82, 2.24) is 9.97 Å². The van der Waals surface area contributed by atoms with Crippen molar-refractivity contribution in [3.63, 3.8) is 0 Å². The molecule has 0 N–H and O–H groups in total. The minimum atomic E-state index is -4.78. The molecule has 3 rings (SSSR count). The predicted octanol–water partition coefficient (Wildman–Crippen LogP) is 5.85. The van der Waals surface area contributed by atoms with Gasteiger partial charge in [0.15, 0.2) is 5.82 Å². The first-order valence-corrected chi connectivity index (χ1v) is 7.34. The van der Waals surface area contributed by atoms with Gasteiger partial charge in [-0.15, -0.1) is 0 Å². The Hall–Kier alpha value is -2.90.